The first-order valence-electron chi connectivity index (χ1n) is 7.12. The highest BCUT2D eigenvalue weighted by Crippen LogP contribution is 2.43. The summed E-state index contributed by atoms with van der Waals surface area (Å²) in [5.41, 5.74) is 3.30. The highest BCUT2D eigenvalue weighted by atomic mass is 79.9. The number of aromatic nitrogens is 2. The van der Waals surface area contributed by atoms with Crippen molar-refractivity contribution in [3.05, 3.63) is 46.2 Å². The van der Waals surface area contributed by atoms with Crippen LogP contribution in [0.4, 0.5) is 0 Å². The third-order valence-corrected chi connectivity index (χ3v) is 4.48. The first kappa shape index (κ1) is 14.3. The summed E-state index contributed by atoms with van der Waals surface area (Å²) in [7, 11) is 0. The van der Waals surface area contributed by atoms with Gasteiger partial charge in [-0.05, 0) is 52.9 Å². The van der Waals surface area contributed by atoms with Gasteiger partial charge in [0.2, 0.25) is 0 Å². The maximum absolute atomic E-state index is 10.9. The average molecular weight is 349 g/mol. The topological polar surface area (TPSA) is 55.1 Å². The zero-order valence-electron chi connectivity index (χ0n) is 11.8. The van der Waals surface area contributed by atoms with Crippen molar-refractivity contribution in [2.24, 2.45) is 5.92 Å². The van der Waals surface area contributed by atoms with Gasteiger partial charge in [0, 0.05) is 5.92 Å². The lowest BCUT2D eigenvalue weighted by molar-refractivity contribution is -0.141. The van der Waals surface area contributed by atoms with Gasteiger partial charge in [0.25, 0.3) is 0 Å². The molecular formula is C16H17BrN2O2. The normalized spacial score (nSPS) is 15.9. The van der Waals surface area contributed by atoms with Gasteiger partial charge in [-0.2, -0.15) is 5.10 Å². The monoisotopic (exact) mass is 348 g/mol. The molecule has 1 N–H and O–H groups in total. The largest absolute Gasteiger partial charge is 0.481 e. The number of hydrogen-bond acceptors (Lipinski definition) is 2. The molecule has 5 heteroatoms. The highest BCUT2D eigenvalue weighted by Gasteiger charge is 2.30. The molecule has 0 amide bonds. The molecule has 1 atom stereocenters. The van der Waals surface area contributed by atoms with E-state index in [1.54, 1.807) is 6.92 Å². The van der Waals surface area contributed by atoms with Gasteiger partial charge < -0.3 is 5.11 Å². The molecule has 1 aliphatic carbocycles. The predicted molar refractivity (Wildman–Crippen MR) is 83.7 cm³/mol. The van der Waals surface area contributed by atoms with Crippen molar-refractivity contribution in [1.29, 1.82) is 0 Å². The van der Waals surface area contributed by atoms with Crippen LogP contribution in [0.25, 0.3) is 5.69 Å². The van der Waals surface area contributed by atoms with Gasteiger partial charge in [-0.25, -0.2) is 4.68 Å². The van der Waals surface area contributed by atoms with Gasteiger partial charge in [0.05, 0.1) is 28.0 Å². The number of rotatable bonds is 5. The number of hydrogen-bond donors (Lipinski definition) is 1. The standard InChI is InChI=1S/C16H17BrN2O2/c1-10(16(20)21)8-11-2-6-13(7-3-11)19-15(12-4-5-12)14(17)9-18-19/h2-3,6-7,9-10,12H,4-5,8H2,1H3,(H,20,21). The third kappa shape index (κ3) is 3.02. The van der Waals surface area contributed by atoms with Crippen LogP contribution in [0.1, 0.15) is 36.9 Å². The Balaban J connectivity index is 1.83. The number of nitrogens with zero attached hydrogens (tertiary/aromatic N) is 2. The van der Waals surface area contributed by atoms with Gasteiger partial charge in [-0.3, -0.25) is 4.79 Å². The fraction of sp³-hybridized carbons (Fsp3) is 0.375. The van der Waals surface area contributed by atoms with Crippen molar-refractivity contribution in [2.45, 2.75) is 32.1 Å². The van der Waals surface area contributed by atoms with Crippen LogP contribution in [0.15, 0.2) is 34.9 Å². The van der Waals surface area contributed by atoms with Crippen LogP contribution in [0, 0.1) is 5.92 Å². The van der Waals surface area contributed by atoms with Gasteiger partial charge in [0.15, 0.2) is 0 Å². The van der Waals surface area contributed by atoms with E-state index in [2.05, 4.69) is 21.0 Å². The smallest absolute Gasteiger partial charge is 0.306 e. The van der Waals surface area contributed by atoms with E-state index in [-0.39, 0.29) is 5.92 Å². The Labute approximate surface area is 131 Å². The Morgan fingerprint density at radius 2 is 2.10 bits per heavy atom. The quantitative estimate of drug-likeness (QED) is 0.894. The lowest BCUT2D eigenvalue weighted by Gasteiger charge is -2.10. The van der Waals surface area contributed by atoms with E-state index < -0.39 is 5.97 Å². The van der Waals surface area contributed by atoms with Crippen LogP contribution in [0.5, 0.6) is 0 Å². The summed E-state index contributed by atoms with van der Waals surface area (Å²) >= 11 is 3.57. The summed E-state index contributed by atoms with van der Waals surface area (Å²) in [4.78, 5) is 10.9. The van der Waals surface area contributed by atoms with Crippen LogP contribution in [-0.4, -0.2) is 20.9 Å². The van der Waals surface area contributed by atoms with Gasteiger partial charge in [-0.1, -0.05) is 19.1 Å². The van der Waals surface area contributed by atoms with Crippen molar-refractivity contribution in [2.75, 3.05) is 0 Å². The summed E-state index contributed by atoms with van der Waals surface area (Å²) in [6.45, 7) is 1.73. The highest BCUT2D eigenvalue weighted by molar-refractivity contribution is 9.10. The maximum Gasteiger partial charge on any atom is 0.306 e. The lowest BCUT2D eigenvalue weighted by Crippen LogP contribution is -2.12. The number of carboxylic acids is 1. The van der Waals surface area contributed by atoms with Crippen molar-refractivity contribution >= 4 is 21.9 Å². The van der Waals surface area contributed by atoms with Crippen LogP contribution < -0.4 is 0 Å². The van der Waals surface area contributed by atoms with Crippen LogP contribution >= 0.6 is 15.9 Å². The molecule has 1 unspecified atom stereocenters. The molecule has 1 aromatic carbocycles. The zero-order valence-corrected chi connectivity index (χ0v) is 13.4. The average Bonchev–Trinajstić information content (AvgIpc) is 3.22. The minimum Gasteiger partial charge on any atom is -0.481 e. The van der Waals surface area contributed by atoms with Crippen molar-refractivity contribution in [3.63, 3.8) is 0 Å². The Bertz CT molecular complexity index is 659. The van der Waals surface area contributed by atoms with Crippen LogP contribution in [0.2, 0.25) is 0 Å². The fourth-order valence-corrected chi connectivity index (χ4v) is 3.07. The van der Waals surface area contributed by atoms with E-state index in [1.807, 2.05) is 35.1 Å². The Morgan fingerprint density at radius 1 is 1.43 bits per heavy atom. The minimum absolute atomic E-state index is 0.364. The van der Waals surface area contributed by atoms with E-state index in [0.717, 1.165) is 15.7 Å². The molecule has 0 spiro atoms. The molecule has 1 fully saturated rings. The summed E-state index contributed by atoms with van der Waals surface area (Å²) in [6, 6.07) is 7.99. The van der Waals surface area contributed by atoms with E-state index in [9.17, 15) is 4.79 Å². The second-order valence-corrected chi connectivity index (χ2v) is 6.53. The van der Waals surface area contributed by atoms with E-state index >= 15 is 0 Å². The van der Waals surface area contributed by atoms with Crippen molar-refractivity contribution < 1.29 is 9.90 Å². The summed E-state index contributed by atoms with van der Waals surface area (Å²) in [5.74, 6) is -0.517. The maximum atomic E-state index is 10.9. The Hall–Kier alpha value is -1.62. The molecular weight excluding hydrogens is 332 g/mol. The molecule has 0 saturated heterocycles. The molecule has 1 aromatic heterocycles. The molecule has 1 saturated carbocycles. The first-order valence-corrected chi connectivity index (χ1v) is 7.91. The van der Waals surface area contributed by atoms with Crippen LogP contribution in [-0.2, 0) is 11.2 Å². The molecule has 3 rings (SSSR count). The number of halogens is 1. The van der Waals surface area contributed by atoms with Crippen molar-refractivity contribution in [1.82, 2.24) is 9.78 Å². The van der Waals surface area contributed by atoms with Crippen molar-refractivity contribution in [3.8, 4) is 5.69 Å². The molecule has 1 heterocycles. The zero-order chi connectivity index (χ0) is 15.0. The van der Waals surface area contributed by atoms with E-state index in [1.165, 1.54) is 18.5 Å². The number of benzene rings is 1. The summed E-state index contributed by atoms with van der Waals surface area (Å²) < 4.78 is 3.04. The molecule has 1 aliphatic rings. The Kier molecular flexibility index (Phi) is 3.85. The second-order valence-electron chi connectivity index (χ2n) is 5.67. The van der Waals surface area contributed by atoms with Crippen LogP contribution in [0.3, 0.4) is 0 Å². The molecule has 0 radical (unpaired) electrons. The third-order valence-electron chi connectivity index (χ3n) is 3.87. The molecule has 4 nitrogen and oxygen atoms in total. The van der Waals surface area contributed by atoms with E-state index in [4.69, 9.17) is 5.11 Å². The number of carbonyl (C=O) groups is 1. The van der Waals surface area contributed by atoms with Gasteiger partial charge >= 0.3 is 5.97 Å². The molecule has 21 heavy (non-hydrogen) atoms. The SMILES string of the molecule is CC(Cc1ccc(-n2ncc(Br)c2C2CC2)cc1)C(=O)O. The lowest BCUT2D eigenvalue weighted by atomic mass is 10.0. The minimum atomic E-state index is -0.758. The molecule has 110 valence electrons. The molecule has 0 aliphatic heterocycles. The van der Waals surface area contributed by atoms with E-state index in [0.29, 0.717) is 12.3 Å². The molecule has 0 bridgehead atoms. The van der Waals surface area contributed by atoms with Gasteiger partial charge in [-0.15, -0.1) is 0 Å². The Morgan fingerprint density at radius 3 is 2.67 bits per heavy atom. The second kappa shape index (κ2) is 5.64. The molecule has 2 aromatic rings. The van der Waals surface area contributed by atoms with Gasteiger partial charge in [0.1, 0.15) is 0 Å². The number of carboxylic acid groups (broad SMARTS) is 1. The summed E-state index contributed by atoms with van der Waals surface area (Å²) in [5, 5.41) is 13.4. The summed E-state index contributed by atoms with van der Waals surface area (Å²) in [6.07, 6.45) is 4.83. The first-order chi connectivity index (χ1) is 10.1. The predicted octanol–water partition coefficient (Wildman–Crippen LogP) is 3.78. The number of aliphatic carboxylic acids is 1. The fourth-order valence-electron chi connectivity index (χ4n) is 2.48.